The van der Waals surface area contributed by atoms with E-state index in [1.54, 1.807) is 25.3 Å². The number of hydrogen-bond acceptors (Lipinski definition) is 8. The molecule has 0 atom stereocenters. The number of esters is 1. The zero-order valence-electron chi connectivity index (χ0n) is 12.0. The van der Waals surface area contributed by atoms with Crippen LogP contribution in [-0.4, -0.2) is 34.7 Å². The molecule has 0 saturated carbocycles. The summed E-state index contributed by atoms with van der Waals surface area (Å²) in [7, 11) is 1.30. The van der Waals surface area contributed by atoms with E-state index in [0.717, 1.165) is 16.2 Å². The Hall–Kier alpha value is -2.13. The van der Waals surface area contributed by atoms with Crippen LogP contribution in [0.5, 0.6) is 0 Å². The number of thiazole rings is 1. The minimum absolute atomic E-state index is 0.206. The first-order valence-corrected chi connectivity index (χ1v) is 7.99. The highest BCUT2D eigenvalue weighted by Gasteiger charge is 2.16. The molecule has 2 aromatic heterocycles. The highest BCUT2D eigenvalue weighted by atomic mass is 32.2. The van der Waals surface area contributed by atoms with Crippen LogP contribution in [0.15, 0.2) is 23.2 Å². The van der Waals surface area contributed by atoms with Gasteiger partial charge in [0.05, 0.1) is 18.6 Å². The molecule has 0 unspecified atom stereocenters. The van der Waals surface area contributed by atoms with Crippen LogP contribution in [0.2, 0.25) is 0 Å². The van der Waals surface area contributed by atoms with E-state index in [2.05, 4.69) is 20.0 Å². The number of ether oxygens (including phenoxy) is 1. The molecule has 2 heterocycles. The van der Waals surface area contributed by atoms with Crippen molar-refractivity contribution in [2.75, 3.05) is 23.9 Å². The molecule has 7 nitrogen and oxygen atoms in total. The Labute approximate surface area is 135 Å². The molecule has 9 heteroatoms. The molecule has 0 aliphatic heterocycles. The Morgan fingerprint density at radius 3 is 2.86 bits per heavy atom. The number of anilines is 2. The average molecular weight is 338 g/mol. The number of rotatable bonds is 5. The van der Waals surface area contributed by atoms with E-state index in [1.165, 1.54) is 18.9 Å². The molecule has 2 rings (SSSR count). The van der Waals surface area contributed by atoms with E-state index >= 15 is 0 Å². The fourth-order valence-corrected chi connectivity index (χ4v) is 3.08. The van der Waals surface area contributed by atoms with Gasteiger partial charge in [0, 0.05) is 11.1 Å². The molecule has 1 amide bonds. The summed E-state index contributed by atoms with van der Waals surface area (Å²) in [5, 5.41) is 3.03. The van der Waals surface area contributed by atoms with E-state index in [4.69, 9.17) is 5.73 Å². The van der Waals surface area contributed by atoms with Gasteiger partial charge in [-0.05, 0) is 19.1 Å². The lowest BCUT2D eigenvalue weighted by atomic mass is 10.4. The van der Waals surface area contributed by atoms with Gasteiger partial charge in [-0.3, -0.25) is 4.79 Å². The minimum atomic E-state index is -0.460. The average Bonchev–Trinajstić information content (AvgIpc) is 2.86. The second-order valence-electron chi connectivity index (χ2n) is 4.18. The lowest BCUT2D eigenvalue weighted by Gasteiger charge is -2.02. The van der Waals surface area contributed by atoms with Crippen molar-refractivity contribution in [1.82, 2.24) is 9.97 Å². The van der Waals surface area contributed by atoms with Gasteiger partial charge < -0.3 is 15.8 Å². The van der Waals surface area contributed by atoms with Crippen LogP contribution in [0.25, 0.3) is 0 Å². The molecule has 0 fully saturated rings. The molecule has 0 aliphatic carbocycles. The van der Waals surface area contributed by atoms with Crippen molar-refractivity contribution in [3.63, 3.8) is 0 Å². The summed E-state index contributed by atoms with van der Waals surface area (Å²) in [5.74, 6) is -0.0372. The lowest BCUT2D eigenvalue weighted by Crippen LogP contribution is -2.13. The molecular formula is C13H14N4O3S2. The number of methoxy groups -OCH3 is 1. The minimum Gasteiger partial charge on any atom is -0.465 e. The number of pyridine rings is 1. The molecule has 0 spiro atoms. The third-order valence-electron chi connectivity index (χ3n) is 2.54. The van der Waals surface area contributed by atoms with Crippen molar-refractivity contribution < 1.29 is 14.3 Å². The SMILES string of the molecule is COC(=O)c1sc(NC(=O)CSc2ccc(N)nc2)nc1C. The smallest absolute Gasteiger partial charge is 0.350 e. The maximum Gasteiger partial charge on any atom is 0.350 e. The number of nitrogens with two attached hydrogens (primary N) is 1. The lowest BCUT2D eigenvalue weighted by molar-refractivity contribution is -0.113. The maximum absolute atomic E-state index is 11.9. The maximum atomic E-state index is 11.9. The first-order chi connectivity index (χ1) is 10.5. The second kappa shape index (κ2) is 7.23. The van der Waals surface area contributed by atoms with Crippen molar-refractivity contribution in [3.05, 3.63) is 28.9 Å². The summed E-state index contributed by atoms with van der Waals surface area (Å²) in [4.78, 5) is 32.7. The number of nitrogen functional groups attached to an aromatic ring is 1. The zero-order valence-corrected chi connectivity index (χ0v) is 13.6. The van der Waals surface area contributed by atoms with Gasteiger partial charge in [-0.1, -0.05) is 11.3 Å². The molecule has 2 aromatic rings. The van der Waals surface area contributed by atoms with Crippen molar-refractivity contribution in [2.45, 2.75) is 11.8 Å². The highest BCUT2D eigenvalue weighted by molar-refractivity contribution is 8.00. The normalized spacial score (nSPS) is 10.3. The van der Waals surface area contributed by atoms with Gasteiger partial charge >= 0.3 is 5.97 Å². The number of aryl methyl sites for hydroxylation is 1. The Balaban J connectivity index is 1.92. The van der Waals surface area contributed by atoms with Gasteiger partial charge in [-0.2, -0.15) is 0 Å². The van der Waals surface area contributed by atoms with Crippen LogP contribution >= 0.6 is 23.1 Å². The number of aromatic nitrogens is 2. The van der Waals surface area contributed by atoms with Crippen LogP contribution in [0.3, 0.4) is 0 Å². The van der Waals surface area contributed by atoms with E-state index in [1.807, 2.05) is 0 Å². The van der Waals surface area contributed by atoms with Crippen LogP contribution < -0.4 is 11.1 Å². The number of nitrogens with zero attached hydrogens (tertiary/aromatic N) is 2. The number of hydrogen-bond donors (Lipinski definition) is 2. The predicted molar refractivity (Wildman–Crippen MR) is 86.2 cm³/mol. The summed E-state index contributed by atoms with van der Waals surface area (Å²) in [6.07, 6.45) is 1.61. The predicted octanol–water partition coefficient (Wildman–Crippen LogP) is 1.95. The molecule has 0 aromatic carbocycles. The highest BCUT2D eigenvalue weighted by Crippen LogP contribution is 2.24. The number of thioether (sulfide) groups is 1. The fraction of sp³-hybridized carbons (Fsp3) is 0.231. The Morgan fingerprint density at radius 1 is 1.45 bits per heavy atom. The van der Waals surface area contributed by atoms with E-state index in [9.17, 15) is 9.59 Å². The van der Waals surface area contributed by atoms with Crippen LogP contribution in [0.4, 0.5) is 10.9 Å². The molecule has 22 heavy (non-hydrogen) atoms. The van der Waals surface area contributed by atoms with Crippen molar-refractivity contribution >= 4 is 45.9 Å². The largest absolute Gasteiger partial charge is 0.465 e. The first kappa shape index (κ1) is 16.2. The van der Waals surface area contributed by atoms with Gasteiger partial charge in [-0.25, -0.2) is 14.8 Å². The second-order valence-corrected chi connectivity index (χ2v) is 6.23. The molecule has 0 saturated heterocycles. The summed E-state index contributed by atoms with van der Waals surface area (Å²) in [6, 6.07) is 3.47. The third-order valence-corrected chi connectivity index (χ3v) is 4.58. The quantitative estimate of drug-likeness (QED) is 0.633. The Kier molecular flexibility index (Phi) is 5.34. The summed E-state index contributed by atoms with van der Waals surface area (Å²) >= 11 is 2.42. The van der Waals surface area contributed by atoms with Gasteiger partial charge in [0.25, 0.3) is 0 Å². The van der Waals surface area contributed by atoms with E-state index in [0.29, 0.717) is 21.5 Å². The topological polar surface area (TPSA) is 107 Å². The van der Waals surface area contributed by atoms with Crippen LogP contribution in [0.1, 0.15) is 15.4 Å². The number of carbonyl (C=O) groups excluding carboxylic acids is 2. The van der Waals surface area contributed by atoms with Crippen LogP contribution in [-0.2, 0) is 9.53 Å². The molecule has 116 valence electrons. The van der Waals surface area contributed by atoms with Gasteiger partial charge in [0.2, 0.25) is 5.91 Å². The Bertz CT molecular complexity index is 685. The molecule has 0 radical (unpaired) electrons. The summed E-state index contributed by atoms with van der Waals surface area (Å²) in [5.41, 5.74) is 6.02. The van der Waals surface area contributed by atoms with Gasteiger partial charge in [0.1, 0.15) is 10.7 Å². The molecular weight excluding hydrogens is 324 g/mol. The first-order valence-electron chi connectivity index (χ1n) is 6.19. The monoisotopic (exact) mass is 338 g/mol. The van der Waals surface area contributed by atoms with Crippen molar-refractivity contribution in [2.24, 2.45) is 0 Å². The Morgan fingerprint density at radius 2 is 2.23 bits per heavy atom. The number of carbonyl (C=O) groups is 2. The molecule has 0 bridgehead atoms. The van der Waals surface area contributed by atoms with Gasteiger partial charge in [0.15, 0.2) is 5.13 Å². The van der Waals surface area contributed by atoms with Crippen molar-refractivity contribution in [1.29, 1.82) is 0 Å². The zero-order chi connectivity index (χ0) is 16.1. The van der Waals surface area contributed by atoms with Gasteiger partial charge in [-0.15, -0.1) is 11.8 Å². The number of amides is 1. The third kappa shape index (κ3) is 4.18. The molecule has 0 aliphatic rings. The van der Waals surface area contributed by atoms with E-state index < -0.39 is 5.97 Å². The van der Waals surface area contributed by atoms with Crippen LogP contribution in [0, 0.1) is 6.92 Å². The molecule has 3 N–H and O–H groups in total. The fourth-order valence-electron chi connectivity index (χ4n) is 1.51. The standard InChI is InChI=1S/C13H14N4O3S2/c1-7-11(12(19)20-2)22-13(16-7)17-10(18)6-21-8-3-4-9(14)15-5-8/h3-5H,6H2,1-2H3,(H2,14,15)(H,16,17,18). The number of nitrogens with one attached hydrogen (secondary N) is 1. The van der Waals surface area contributed by atoms with Crippen molar-refractivity contribution in [3.8, 4) is 0 Å². The van der Waals surface area contributed by atoms with E-state index in [-0.39, 0.29) is 11.7 Å². The summed E-state index contributed by atoms with van der Waals surface area (Å²) < 4.78 is 4.65. The summed E-state index contributed by atoms with van der Waals surface area (Å²) in [6.45, 7) is 1.69.